The first-order chi connectivity index (χ1) is 13.0. The van der Waals surface area contributed by atoms with Crippen LogP contribution in [0.15, 0.2) is 60.8 Å². The van der Waals surface area contributed by atoms with Crippen LogP contribution in [0.25, 0.3) is 0 Å². The van der Waals surface area contributed by atoms with Gasteiger partial charge < -0.3 is 10.1 Å². The lowest BCUT2D eigenvalue weighted by Crippen LogP contribution is -2.20. The van der Waals surface area contributed by atoms with Crippen LogP contribution in [-0.2, 0) is 6.61 Å². The maximum atomic E-state index is 13.3. The number of carbonyl (C=O) groups excluding carboxylic acids is 1. The van der Waals surface area contributed by atoms with Crippen molar-refractivity contribution in [3.63, 3.8) is 0 Å². The van der Waals surface area contributed by atoms with Crippen LogP contribution < -0.4 is 15.4 Å². The van der Waals surface area contributed by atoms with Gasteiger partial charge in [-0.3, -0.25) is 5.32 Å². The van der Waals surface area contributed by atoms with Gasteiger partial charge in [-0.2, -0.15) is 0 Å². The summed E-state index contributed by atoms with van der Waals surface area (Å²) in [6.07, 6.45) is 1.52. The molecule has 0 saturated carbocycles. The van der Waals surface area contributed by atoms with Crippen LogP contribution in [0.2, 0.25) is 10.0 Å². The molecule has 2 aromatic carbocycles. The fraction of sp³-hybridized carbons (Fsp3) is 0.0526. The molecule has 5 nitrogen and oxygen atoms in total. The summed E-state index contributed by atoms with van der Waals surface area (Å²) in [6, 6.07) is 13.6. The number of hydrogen-bond acceptors (Lipinski definition) is 3. The third-order valence-corrected chi connectivity index (χ3v) is 4.20. The average molecular weight is 406 g/mol. The molecule has 8 heteroatoms. The van der Waals surface area contributed by atoms with Gasteiger partial charge in [0.25, 0.3) is 0 Å². The SMILES string of the molecule is O=C(Nc1ccc(Cl)c(Cl)c1)Nc1ncccc1OCc1cccc(F)c1. The van der Waals surface area contributed by atoms with E-state index in [1.54, 1.807) is 36.4 Å². The second kappa shape index (κ2) is 8.70. The van der Waals surface area contributed by atoms with Crippen molar-refractivity contribution in [2.24, 2.45) is 0 Å². The molecular formula is C19H14Cl2FN3O2. The van der Waals surface area contributed by atoms with Crippen LogP contribution in [-0.4, -0.2) is 11.0 Å². The molecule has 0 aliphatic carbocycles. The lowest BCUT2D eigenvalue weighted by molar-refractivity contribution is 0.261. The fourth-order valence-corrected chi connectivity index (χ4v) is 2.53. The number of nitrogens with zero attached hydrogens (tertiary/aromatic N) is 1. The van der Waals surface area contributed by atoms with Crippen LogP contribution in [0, 0.1) is 5.82 Å². The quantitative estimate of drug-likeness (QED) is 0.567. The molecule has 27 heavy (non-hydrogen) atoms. The average Bonchev–Trinajstić information content (AvgIpc) is 2.64. The minimum absolute atomic E-state index is 0.131. The van der Waals surface area contributed by atoms with Crippen LogP contribution in [0.5, 0.6) is 5.75 Å². The number of pyridine rings is 1. The zero-order valence-corrected chi connectivity index (χ0v) is 15.4. The summed E-state index contributed by atoms with van der Waals surface area (Å²) in [5.74, 6) is 0.235. The number of halogens is 3. The Labute approximate surface area is 165 Å². The van der Waals surface area contributed by atoms with Crippen molar-refractivity contribution in [3.8, 4) is 5.75 Å². The third kappa shape index (κ3) is 5.32. The number of hydrogen-bond donors (Lipinski definition) is 2. The summed E-state index contributed by atoms with van der Waals surface area (Å²) in [5, 5.41) is 5.95. The Balaban J connectivity index is 1.66. The van der Waals surface area contributed by atoms with E-state index in [2.05, 4.69) is 15.6 Å². The molecule has 3 aromatic rings. The predicted molar refractivity (Wildman–Crippen MR) is 104 cm³/mol. The van der Waals surface area contributed by atoms with Gasteiger partial charge in [0.05, 0.1) is 10.0 Å². The Bertz CT molecular complexity index is 969. The molecule has 1 heterocycles. The highest BCUT2D eigenvalue weighted by atomic mass is 35.5. The number of amides is 2. The molecule has 0 aliphatic heterocycles. The van der Waals surface area contributed by atoms with E-state index >= 15 is 0 Å². The summed E-state index contributed by atoms with van der Waals surface area (Å²) in [6.45, 7) is 0.131. The standard InChI is InChI=1S/C19H14Cl2FN3O2/c20-15-7-6-14(10-16(15)21)24-19(26)25-18-17(5-2-8-23-18)27-11-12-3-1-4-13(22)9-12/h1-10H,11H2,(H2,23,24,25,26). The monoisotopic (exact) mass is 405 g/mol. The van der Waals surface area contributed by atoms with Crippen LogP contribution in [0.4, 0.5) is 20.7 Å². The molecular weight excluding hydrogens is 392 g/mol. The fourth-order valence-electron chi connectivity index (χ4n) is 2.23. The molecule has 0 bridgehead atoms. The summed E-state index contributed by atoms with van der Waals surface area (Å²) in [7, 11) is 0. The first-order valence-electron chi connectivity index (χ1n) is 7.86. The van der Waals surface area contributed by atoms with Crippen LogP contribution in [0.3, 0.4) is 0 Å². The third-order valence-electron chi connectivity index (χ3n) is 3.46. The van der Waals surface area contributed by atoms with Crippen molar-refractivity contribution >= 4 is 40.7 Å². The van der Waals surface area contributed by atoms with Crippen molar-refractivity contribution in [2.75, 3.05) is 10.6 Å². The van der Waals surface area contributed by atoms with Crippen molar-refractivity contribution in [2.45, 2.75) is 6.61 Å². The topological polar surface area (TPSA) is 63.2 Å². The number of aromatic nitrogens is 1. The first kappa shape index (κ1) is 18.9. The highest BCUT2D eigenvalue weighted by Gasteiger charge is 2.10. The van der Waals surface area contributed by atoms with E-state index in [1.165, 1.54) is 24.4 Å². The van der Waals surface area contributed by atoms with E-state index < -0.39 is 6.03 Å². The van der Waals surface area contributed by atoms with Gasteiger partial charge in [0.1, 0.15) is 12.4 Å². The van der Waals surface area contributed by atoms with E-state index in [0.717, 1.165) is 0 Å². The molecule has 1 aromatic heterocycles. The number of urea groups is 1. The predicted octanol–water partition coefficient (Wildman–Crippen LogP) is 5.75. The van der Waals surface area contributed by atoms with Crippen molar-refractivity contribution < 1.29 is 13.9 Å². The molecule has 0 unspecified atom stereocenters. The van der Waals surface area contributed by atoms with E-state index in [1.807, 2.05) is 0 Å². The van der Waals surface area contributed by atoms with E-state index in [4.69, 9.17) is 27.9 Å². The molecule has 2 amide bonds. The summed E-state index contributed by atoms with van der Waals surface area (Å²) >= 11 is 11.8. The van der Waals surface area contributed by atoms with Gasteiger partial charge >= 0.3 is 6.03 Å². The molecule has 0 atom stereocenters. The summed E-state index contributed by atoms with van der Waals surface area (Å²) in [4.78, 5) is 16.3. The Morgan fingerprint density at radius 1 is 1.04 bits per heavy atom. The molecule has 3 rings (SSSR count). The molecule has 0 aliphatic rings. The second-order valence-corrected chi connectivity index (χ2v) is 6.29. The minimum Gasteiger partial charge on any atom is -0.485 e. The molecule has 138 valence electrons. The summed E-state index contributed by atoms with van der Waals surface area (Å²) < 4.78 is 18.9. The van der Waals surface area contributed by atoms with Gasteiger partial charge in [0.15, 0.2) is 11.6 Å². The second-order valence-electron chi connectivity index (χ2n) is 5.48. The molecule has 0 spiro atoms. The number of anilines is 2. The molecule has 2 N–H and O–H groups in total. The Kier molecular flexibility index (Phi) is 6.11. The van der Waals surface area contributed by atoms with Crippen LogP contribution >= 0.6 is 23.2 Å². The van der Waals surface area contributed by atoms with Gasteiger partial charge in [0.2, 0.25) is 0 Å². The van der Waals surface area contributed by atoms with Gasteiger partial charge in [0, 0.05) is 11.9 Å². The molecule has 0 fully saturated rings. The Hall–Kier alpha value is -2.83. The number of ether oxygens (including phenoxy) is 1. The lowest BCUT2D eigenvalue weighted by atomic mass is 10.2. The maximum Gasteiger partial charge on any atom is 0.324 e. The van der Waals surface area contributed by atoms with Gasteiger partial charge in [-0.1, -0.05) is 35.3 Å². The summed E-state index contributed by atoms with van der Waals surface area (Å²) in [5.41, 5.74) is 1.13. The number of rotatable bonds is 5. The Morgan fingerprint density at radius 2 is 1.89 bits per heavy atom. The van der Waals surface area contributed by atoms with E-state index in [-0.39, 0.29) is 18.2 Å². The maximum absolute atomic E-state index is 13.3. The number of benzene rings is 2. The largest absolute Gasteiger partial charge is 0.485 e. The lowest BCUT2D eigenvalue weighted by Gasteiger charge is -2.12. The first-order valence-corrected chi connectivity index (χ1v) is 8.62. The van der Waals surface area contributed by atoms with Crippen molar-refractivity contribution in [3.05, 3.63) is 82.2 Å². The van der Waals surface area contributed by atoms with E-state index in [9.17, 15) is 9.18 Å². The minimum atomic E-state index is -0.525. The van der Waals surface area contributed by atoms with Crippen molar-refractivity contribution in [1.29, 1.82) is 0 Å². The number of nitrogens with one attached hydrogen (secondary N) is 2. The normalized spacial score (nSPS) is 10.3. The smallest absolute Gasteiger partial charge is 0.324 e. The number of carbonyl (C=O) groups is 1. The molecule has 0 saturated heterocycles. The highest BCUT2D eigenvalue weighted by Crippen LogP contribution is 2.26. The van der Waals surface area contributed by atoms with Crippen LogP contribution in [0.1, 0.15) is 5.56 Å². The zero-order valence-electron chi connectivity index (χ0n) is 13.9. The Morgan fingerprint density at radius 3 is 2.67 bits per heavy atom. The molecule has 0 radical (unpaired) electrons. The van der Waals surface area contributed by atoms with Gasteiger partial charge in [-0.05, 0) is 48.0 Å². The zero-order chi connectivity index (χ0) is 19.2. The van der Waals surface area contributed by atoms with Crippen molar-refractivity contribution in [1.82, 2.24) is 4.98 Å². The van der Waals surface area contributed by atoms with Gasteiger partial charge in [-0.15, -0.1) is 0 Å². The highest BCUT2D eigenvalue weighted by molar-refractivity contribution is 6.42. The van der Waals surface area contributed by atoms with Gasteiger partial charge in [-0.25, -0.2) is 14.2 Å². The van der Waals surface area contributed by atoms with E-state index in [0.29, 0.717) is 27.0 Å².